The lowest BCUT2D eigenvalue weighted by Crippen LogP contribution is -2.51. The zero-order valence-electron chi connectivity index (χ0n) is 10.5. The molecule has 0 aromatic rings. The molecular weight excluding hydrogens is 220 g/mol. The molecule has 1 fully saturated rings. The molecule has 1 aliphatic rings. The number of ether oxygens (including phenoxy) is 1. The van der Waals surface area contributed by atoms with E-state index in [-0.39, 0.29) is 11.7 Å². The molecule has 1 heterocycles. The average Bonchev–Trinajstić information content (AvgIpc) is 2.26. The van der Waals surface area contributed by atoms with E-state index in [4.69, 9.17) is 9.16 Å². The topological polar surface area (TPSA) is 35.5 Å². The second-order valence-electron chi connectivity index (χ2n) is 4.70. The van der Waals surface area contributed by atoms with Crippen LogP contribution in [0.5, 0.6) is 0 Å². The van der Waals surface area contributed by atoms with E-state index in [1.165, 1.54) is 6.42 Å². The van der Waals surface area contributed by atoms with Crippen LogP contribution in [-0.2, 0) is 14.0 Å². The number of esters is 1. The highest BCUT2D eigenvalue weighted by atomic mass is 28.4. The van der Waals surface area contributed by atoms with E-state index < -0.39 is 8.32 Å². The fourth-order valence-corrected chi connectivity index (χ4v) is 5.51. The maximum atomic E-state index is 11.5. The van der Waals surface area contributed by atoms with Crippen molar-refractivity contribution in [2.45, 2.75) is 51.4 Å². The monoisotopic (exact) mass is 242 g/mol. The van der Waals surface area contributed by atoms with Gasteiger partial charge in [-0.15, -0.1) is 0 Å². The van der Waals surface area contributed by atoms with E-state index in [0.717, 1.165) is 25.5 Å². The zero-order chi connectivity index (χ0) is 12.2. The van der Waals surface area contributed by atoms with Crippen LogP contribution in [0.1, 0.15) is 33.1 Å². The van der Waals surface area contributed by atoms with Crippen LogP contribution in [-0.4, -0.2) is 26.6 Å². The highest BCUT2D eigenvalue weighted by Gasteiger charge is 2.41. The van der Waals surface area contributed by atoms with E-state index in [9.17, 15) is 4.79 Å². The van der Waals surface area contributed by atoms with Gasteiger partial charge in [0.15, 0.2) is 0 Å². The van der Waals surface area contributed by atoms with E-state index in [0.29, 0.717) is 5.57 Å². The van der Waals surface area contributed by atoms with Crippen LogP contribution in [0.25, 0.3) is 0 Å². The summed E-state index contributed by atoms with van der Waals surface area (Å²) in [6.45, 7) is 10.3. The Morgan fingerprint density at radius 1 is 1.56 bits per heavy atom. The molecule has 0 radical (unpaired) electrons. The maximum Gasteiger partial charge on any atom is 0.333 e. The first-order valence-corrected chi connectivity index (χ1v) is 8.69. The van der Waals surface area contributed by atoms with Gasteiger partial charge in [-0.05, 0) is 32.4 Å². The van der Waals surface area contributed by atoms with Crippen LogP contribution in [0.3, 0.4) is 0 Å². The third kappa shape index (κ3) is 3.19. The van der Waals surface area contributed by atoms with Gasteiger partial charge in [0, 0.05) is 12.2 Å². The van der Waals surface area contributed by atoms with Gasteiger partial charge in [0.1, 0.15) is 5.73 Å². The molecular formula is C12H22O3Si. The summed E-state index contributed by atoms with van der Waals surface area (Å²) in [5.74, 6) is -0.283. The van der Waals surface area contributed by atoms with E-state index in [1.54, 1.807) is 6.92 Å². The van der Waals surface area contributed by atoms with E-state index in [2.05, 4.69) is 13.1 Å². The molecule has 4 heteroatoms. The molecule has 16 heavy (non-hydrogen) atoms. The summed E-state index contributed by atoms with van der Waals surface area (Å²) in [7, 11) is -1.86. The summed E-state index contributed by atoms with van der Waals surface area (Å²) in [5, 5.41) is 0. The number of carbonyl (C=O) groups is 1. The van der Waals surface area contributed by atoms with Crippen molar-refractivity contribution in [1.82, 2.24) is 0 Å². The van der Waals surface area contributed by atoms with Crippen LogP contribution < -0.4 is 0 Å². The molecule has 0 bridgehead atoms. The summed E-state index contributed by atoms with van der Waals surface area (Å²) in [5.41, 5.74) is 0.434. The fourth-order valence-electron chi connectivity index (χ4n) is 2.08. The third-order valence-electron chi connectivity index (χ3n) is 3.15. The minimum Gasteiger partial charge on any atom is -0.460 e. The normalized spacial score (nSPS) is 27.2. The number of rotatable bonds is 4. The summed E-state index contributed by atoms with van der Waals surface area (Å²) in [6.07, 6.45) is 3.17. The summed E-state index contributed by atoms with van der Waals surface area (Å²) < 4.78 is 11.4. The molecule has 2 unspecified atom stereocenters. The Labute approximate surface area is 99.0 Å². The molecule has 0 spiro atoms. The molecule has 0 aromatic carbocycles. The Bertz CT molecular complexity index is 269. The van der Waals surface area contributed by atoms with Gasteiger partial charge in [0.2, 0.25) is 8.32 Å². The van der Waals surface area contributed by atoms with E-state index in [1.807, 2.05) is 6.92 Å². The van der Waals surface area contributed by atoms with Gasteiger partial charge < -0.3 is 9.16 Å². The standard InChI is InChI=1S/C12H22O3Si/c1-5-11(15-12(13)10(2)3)16(4)9-7-6-8-14-16/h11H,2,5-9H2,1,3-4H3. The van der Waals surface area contributed by atoms with Crippen molar-refractivity contribution in [2.24, 2.45) is 0 Å². The Hall–Kier alpha value is -0.613. The SMILES string of the molecule is C=C(C)C(=O)OC(CC)[Si]1(C)CCCCO1. The van der Waals surface area contributed by atoms with Crippen LogP contribution in [0.2, 0.25) is 12.6 Å². The van der Waals surface area contributed by atoms with Gasteiger partial charge in [-0.3, -0.25) is 0 Å². The molecule has 1 saturated heterocycles. The largest absolute Gasteiger partial charge is 0.460 e. The van der Waals surface area contributed by atoms with Crippen molar-refractivity contribution in [3.8, 4) is 0 Å². The maximum absolute atomic E-state index is 11.5. The van der Waals surface area contributed by atoms with Crippen molar-refractivity contribution >= 4 is 14.3 Å². The van der Waals surface area contributed by atoms with Crippen molar-refractivity contribution in [3.05, 3.63) is 12.2 Å². The molecule has 1 aliphatic heterocycles. The van der Waals surface area contributed by atoms with Crippen LogP contribution in [0.4, 0.5) is 0 Å². The zero-order valence-corrected chi connectivity index (χ0v) is 11.5. The lowest BCUT2D eigenvalue weighted by Gasteiger charge is -2.37. The predicted molar refractivity (Wildman–Crippen MR) is 66.6 cm³/mol. The lowest BCUT2D eigenvalue weighted by molar-refractivity contribution is -0.141. The minimum atomic E-state index is -1.86. The van der Waals surface area contributed by atoms with Crippen molar-refractivity contribution in [2.75, 3.05) is 6.61 Å². The summed E-state index contributed by atoms with van der Waals surface area (Å²) in [6, 6.07) is 1.09. The first-order chi connectivity index (χ1) is 7.49. The van der Waals surface area contributed by atoms with Gasteiger partial charge in [-0.2, -0.15) is 0 Å². The van der Waals surface area contributed by atoms with Crippen molar-refractivity contribution in [1.29, 1.82) is 0 Å². The van der Waals surface area contributed by atoms with Crippen LogP contribution in [0, 0.1) is 0 Å². The molecule has 92 valence electrons. The number of hydrogen-bond donors (Lipinski definition) is 0. The third-order valence-corrected chi connectivity index (χ3v) is 7.25. The summed E-state index contributed by atoms with van der Waals surface area (Å²) >= 11 is 0. The molecule has 0 N–H and O–H groups in total. The summed E-state index contributed by atoms with van der Waals surface area (Å²) in [4.78, 5) is 11.5. The van der Waals surface area contributed by atoms with Gasteiger partial charge in [-0.25, -0.2) is 4.79 Å². The molecule has 0 saturated carbocycles. The predicted octanol–water partition coefficient (Wildman–Crippen LogP) is 2.81. The Morgan fingerprint density at radius 3 is 2.69 bits per heavy atom. The van der Waals surface area contributed by atoms with Crippen molar-refractivity contribution < 1.29 is 14.0 Å². The number of hydrogen-bond acceptors (Lipinski definition) is 3. The smallest absolute Gasteiger partial charge is 0.333 e. The molecule has 2 atom stereocenters. The van der Waals surface area contributed by atoms with Gasteiger partial charge >= 0.3 is 5.97 Å². The quantitative estimate of drug-likeness (QED) is 0.432. The Kier molecular flexibility index (Phi) is 4.74. The molecule has 0 aromatic heterocycles. The molecule has 0 amide bonds. The first kappa shape index (κ1) is 13.5. The highest BCUT2D eigenvalue weighted by Crippen LogP contribution is 2.28. The fraction of sp³-hybridized carbons (Fsp3) is 0.750. The number of carbonyl (C=O) groups excluding carboxylic acids is 1. The first-order valence-electron chi connectivity index (χ1n) is 6.00. The van der Waals surface area contributed by atoms with Gasteiger partial charge in [0.25, 0.3) is 0 Å². The van der Waals surface area contributed by atoms with E-state index >= 15 is 0 Å². The van der Waals surface area contributed by atoms with Crippen LogP contribution >= 0.6 is 0 Å². The van der Waals surface area contributed by atoms with Crippen molar-refractivity contribution in [3.63, 3.8) is 0 Å². The average molecular weight is 242 g/mol. The highest BCUT2D eigenvalue weighted by molar-refractivity contribution is 6.74. The second-order valence-corrected chi connectivity index (χ2v) is 8.76. The molecule has 3 nitrogen and oxygen atoms in total. The van der Waals surface area contributed by atoms with Crippen LogP contribution in [0.15, 0.2) is 12.2 Å². The minimum absolute atomic E-state index is 0.0306. The lowest BCUT2D eigenvalue weighted by atomic mass is 10.3. The molecule has 0 aliphatic carbocycles. The van der Waals surface area contributed by atoms with Gasteiger partial charge in [-0.1, -0.05) is 19.9 Å². The molecule has 1 rings (SSSR count). The Morgan fingerprint density at radius 2 is 2.25 bits per heavy atom. The van der Waals surface area contributed by atoms with Gasteiger partial charge in [0.05, 0.1) is 0 Å². The Balaban J connectivity index is 2.65. The second kappa shape index (κ2) is 5.64.